The van der Waals surface area contributed by atoms with E-state index in [4.69, 9.17) is 21.3 Å². The first-order valence-electron chi connectivity index (χ1n) is 11.9. The van der Waals surface area contributed by atoms with Gasteiger partial charge in [-0.3, -0.25) is 0 Å². The molecule has 0 N–H and O–H groups in total. The van der Waals surface area contributed by atoms with E-state index < -0.39 is 81.4 Å². The van der Waals surface area contributed by atoms with Crippen LogP contribution in [-0.4, -0.2) is 11.4 Å². The fourth-order valence-electron chi connectivity index (χ4n) is 4.02. The normalized spacial score (nSPS) is 17.3. The second-order valence-corrected chi connectivity index (χ2v) is 9.02. The monoisotopic (exact) mass is 662 g/mol. The molecular formula is C28H10F12N4O2. The number of aliphatic imine (C=N–C) groups is 1. The van der Waals surface area contributed by atoms with Crippen LogP contribution in [0.15, 0.2) is 93.5 Å². The number of hydrogen-bond donors (Lipinski definition) is 0. The second-order valence-electron chi connectivity index (χ2n) is 9.02. The lowest BCUT2D eigenvalue weighted by molar-refractivity contribution is -0.144. The summed E-state index contributed by atoms with van der Waals surface area (Å²) in [5.74, 6) is -3.38. The van der Waals surface area contributed by atoms with Gasteiger partial charge in [0, 0.05) is 11.1 Å². The van der Waals surface area contributed by atoms with Crippen molar-refractivity contribution in [1.82, 2.24) is 0 Å². The van der Waals surface area contributed by atoms with Gasteiger partial charge in [0.05, 0.1) is 27.4 Å². The van der Waals surface area contributed by atoms with Crippen molar-refractivity contribution in [1.29, 1.82) is 5.26 Å². The third-order valence-corrected chi connectivity index (χ3v) is 5.95. The molecule has 238 valence electrons. The number of nitrogens with zero attached hydrogens (tertiary/aromatic N) is 4. The van der Waals surface area contributed by atoms with Crippen molar-refractivity contribution in [2.24, 2.45) is 10.1 Å². The van der Waals surface area contributed by atoms with Crippen LogP contribution in [0.5, 0.6) is 11.5 Å². The first-order chi connectivity index (χ1) is 21.2. The Bertz CT molecular complexity index is 1660. The van der Waals surface area contributed by atoms with Crippen molar-refractivity contribution >= 4 is 11.4 Å². The zero-order valence-corrected chi connectivity index (χ0v) is 21.9. The standard InChI is InChI=1S/C28H10F12N4O2/c1-42-44-22-5-3-19-20(24(22)46-18-10-15(27(35,36)37)7-16(11-18)28(38,39)40)2-4-21(43-12-41)23(19)45-17-8-13(25(29,30)31)6-14(9-17)26(32,33)34/h2-11H. The molecule has 18 heteroatoms. The SMILES string of the molecule is [C-]#[N+]N=C1C=CC2=C(Oc3cc(C(F)(F)F)cc(C(F)(F)F)c3)C(=NC#N)C=CC2=C1Oc1cc(C(F)(F)F)cc(C(F)(F)F)c1. The average molecular weight is 662 g/mol. The summed E-state index contributed by atoms with van der Waals surface area (Å²) in [4.78, 5) is 6.18. The molecule has 0 bridgehead atoms. The first-order valence-corrected chi connectivity index (χ1v) is 11.9. The third-order valence-electron chi connectivity index (χ3n) is 5.95. The van der Waals surface area contributed by atoms with Gasteiger partial charge in [0.2, 0.25) is 6.19 Å². The highest BCUT2D eigenvalue weighted by Gasteiger charge is 2.39. The minimum Gasteiger partial charge on any atom is -0.454 e. The summed E-state index contributed by atoms with van der Waals surface area (Å²) in [6.07, 6.45) is -15.7. The van der Waals surface area contributed by atoms with Gasteiger partial charge >= 0.3 is 24.7 Å². The number of fused-ring (bicyclic) bond motifs is 1. The van der Waals surface area contributed by atoms with Crippen LogP contribution in [-0.2, 0) is 24.7 Å². The molecule has 2 aromatic rings. The highest BCUT2D eigenvalue weighted by molar-refractivity contribution is 6.15. The number of rotatable bonds is 4. The molecular weight excluding hydrogens is 652 g/mol. The molecule has 2 aliphatic carbocycles. The van der Waals surface area contributed by atoms with E-state index >= 15 is 0 Å². The molecule has 0 aromatic heterocycles. The van der Waals surface area contributed by atoms with Gasteiger partial charge in [0.25, 0.3) is 0 Å². The quantitative estimate of drug-likeness (QED) is 0.142. The fraction of sp³-hybridized carbons (Fsp3) is 0.143. The van der Waals surface area contributed by atoms with E-state index in [0.29, 0.717) is 0 Å². The molecule has 6 nitrogen and oxygen atoms in total. The van der Waals surface area contributed by atoms with Gasteiger partial charge in [0.1, 0.15) is 17.2 Å². The molecule has 0 spiro atoms. The number of allylic oxidation sites excluding steroid dienone is 6. The van der Waals surface area contributed by atoms with E-state index in [1.807, 2.05) is 0 Å². The fourth-order valence-corrected chi connectivity index (χ4v) is 4.02. The zero-order valence-electron chi connectivity index (χ0n) is 21.9. The minimum atomic E-state index is -5.27. The topological polar surface area (TPSA) is 71.3 Å². The van der Waals surface area contributed by atoms with E-state index in [1.54, 1.807) is 0 Å². The van der Waals surface area contributed by atoms with Gasteiger partial charge in [-0.2, -0.15) is 69.5 Å². The van der Waals surface area contributed by atoms with Crippen LogP contribution in [0.2, 0.25) is 0 Å². The number of benzene rings is 2. The highest BCUT2D eigenvalue weighted by Crippen LogP contribution is 2.42. The van der Waals surface area contributed by atoms with Crippen molar-refractivity contribution in [2.75, 3.05) is 0 Å². The molecule has 46 heavy (non-hydrogen) atoms. The Hall–Kier alpha value is -5.52. The molecule has 0 radical (unpaired) electrons. The van der Waals surface area contributed by atoms with Crippen LogP contribution in [0, 0.1) is 18.0 Å². The lowest BCUT2D eigenvalue weighted by Crippen LogP contribution is -2.21. The Labute approximate surface area is 249 Å². The van der Waals surface area contributed by atoms with E-state index in [2.05, 4.69) is 15.0 Å². The van der Waals surface area contributed by atoms with Gasteiger partial charge in [-0.05, 0) is 60.7 Å². The number of ether oxygens (including phenoxy) is 2. The molecule has 0 saturated heterocycles. The molecule has 0 heterocycles. The number of nitriles is 1. The van der Waals surface area contributed by atoms with Crippen molar-refractivity contribution in [2.45, 2.75) is 24.7 Å². The summed E-state index contributed by atoms with van der Waals surface area (Å²) in [5.41, 5.74) is -8.58. The summed E-state index contributed by atoms with van der Waals surface area (Å²) in [6.45, 7) is 7.02. The van der Waals surface area contributed by atoms with Crippen molar-refractivity contribution in [3.63, 3.8) is 0 Å². The maximum Gasteiger partial charge on any atom is 0.416 e. The summed E-state index contributed by atoms with van der Waals surface area (Å²) in [7, 11) is 0. The summed E-state index contributed by atoms with van der Waals surface area (Å²) in [6, 6.07) is 0.510. The first kappa shape index (κ1) is 33.4. The number of hydrogen-bond acceptors (Lipinski definition) is 5. The van der Waals surface area contributed by atoms with E-state index in [9.17, 15) is 52.7 Å². The summed E-state index contributed by atoms with van der Waals surface area (Å²) < 4.78 is 172. The molecule has 0 aliphatic heterocycles. The Morgan fingerprint density at radius 1 is 0.565 bits per heavy atom. The number of alkyl halides is 12. The molecule has 0 saturated carbocycles. The van der Waals surface area contributed by atoms with Crippen LogP contribution in [0.25, 0.3) is 4.95 Å². The third kappa shape index (κ3) is 7.23. The minimum absolute atomic E-state index is 0.174. The molecule has 0 unspecified atom stereocenters. The Balaban J connectivity index is 1.95. The number of halogens is 12. The van der Waals surface area contributed by atoms with Gasteiger partial charge in [-0.25, -0.2) is 0 Å². The zero-order chi connectivity index (χ0) is 34.2. The highest BCUT2D eigenvalue weighted by atomic mass is 19.4. The summed E-state index contributed by atoms with van der Waals surface area (Å²) in [5, 5.41) is 12.5. The van der Waals surface area contributed by atoms with Crippen LogP contribution in [0.1, 0.15) is 22.3 Å². The summed E-state index contributed by atoms with van der Waals surface area (Å²) >= 11 is 0. The Kier molecular flexibility index (Phi) is 8.54. The lowest BCUT2D eigenvalue weighted by Gasteiger charge is -2.24. The molecule has 0 atom stereocenters. The predicted molar refractivity (Wildman–Crippen MR) is 134 cm³/mol. The average Bonchev–Trinajstić information content (AvgIpc) is 2.93. The van der Waals surface area contributed by atoms with Crippen LogP contribution < -0.4 is 9.47 Å². The molecule has 0 fully saturated rings. The van der Waals surface area contributed by atoms with Crippen molar-refractivity contribution < 1.29 is 62.2 Å². The van der Waals surface area contributed by atoms with E-state index in [0.717, 1.165) is 24.3 Å². The Morgan fingerprint density at radius 2 is 0.913 bits per heavy atom. The maximum atomic E-state index is 13.4. The molecule has 2 aliphatic rings. The predicted octanol–water partition coefficient (Wildman–Crippen LogP) is 9.06. The Morgan fingerprint density at radius 3 is 1.24 bits per heavy atom. The van der Waals surface area contributed by atoms with Gasteiger partial charge in [-0.1, -0.05) is 0 Å². The smallest absolute Gasteiger partial charge is 0.416 e. The molecule has 4 rings (SSSR count). The van der Waals surface area contributed by atoms with Gasteiger partial charge < -0.3 is 9.47 Å². The van der Waals surface area contributed by atoms with Crippen molar-refractivity contribution in [3.05, 3.63) is 117 Å². The van der Waals surface area contributed by atoms with E-state index in [-0.39, 0.29) is 47.5 Å². The maximum absolute atomic E-state index is 13.4. The van der Waals surface area contributed by atoms with Gasteiger partial charge in [0.15, 0.2) is 17.2 Å². The largest absolute Gasteiger partial charge is 0.454 e. The van der Waals surface area contributed by atoms with Crippen LogP contribution >= 0.6 is 0 Å². The second kappa shape index (κ2) is 11.8. The van der Waals surface area contributed by atoms with Crippen LogP contribution in [0.3, 0.4) is 0 Å². The lowest BCUT2D eigenvalue weighted by atomic mass is 9.90. The molecule has 2 aromatic carbocycles. The van der Waals surface area contributed by atoms with Crippen LogP contribution in [0.4, 0.5) is 52.7 Å². The molecule has 0 amide bonds. The van der Waals surface area contributed by atoms with Gasteiger partial charge in [-0.15, -0.1) is 4.95 Å². The van der Waals surface area contributed by atoms with E-state index in [1.165, 1.54) is 6.19 Å². The van der Waals surface area contributed by atoms with Crippen molar-refractivity contribution in [3.8, 4) is 17.7 Å².